The fraction of sp³-hybridized carbons (Fsp3) is 0.500. The Labute approximate surface area is 94.9 Å². The van der Waals surface area contributed by atoms with Gasteiger partial charge in [0.05, 0.1) is 0 Å². The van der Waals surface area contributed by atoms with E-state index in [0.717, 1.165) is 11.1 Å². The summed E-state index contributed by atoms with van der Waals surface area (Å²) in [5.74, 6) is 0.241. The van der Waals surface area contributed by atoms with E-state index >= 15 is 0 Å². The molecule has 16 heavy (non-hydrogen) atoms. The van der Waals surface area contributed by atoms with Crippen LogP contribution in [0.15, 0.2) is 18.5 Å². The molecule has 1 amide bonds. The minimum atomic E-state index is 0.0948. The molecule has 1 aliphatic heterocycles. The summed E-state index contributed by atoms with van der Waals surface area (Å²) in [5.41, 5.74) is 2.23. The largest absolute Gasteiger partial charge is 0.396 e. The molecule has 4 heteroatoms. The topological polar surface area (TPSA) is 53.4 Å². The summed E-state index contributed by atoms with van der Waals surface area (Å²) in [5, 5.41) is 9.03. The van der Waals surface area contributed by atoms with Gasteiger partial charge in [-0.3, -0.25) is 9.78 Å². The number of hydrogen-bond acceptors (Lipinski definition) is 3. The van der Waals surface area contributed by atoms with Crippen molar-refractivity contribution in [1.29, 1.82) is 0 Å². The summed E-state index contributed by atoms with van der Waals surface area (Å²) in [7, 11) is 0. The van der Waals surface area contributed by atoms with Crippen molar-refractivity contribution >= 4 is 5.91 Å². The third-order valence-electron chi connectivity index (χ3n) is 3.05. The average molecular weight is 220 g/mol. The van der Waals surface area contributed by atoms with Crippen molar-refractivity contribution in [1.82, 2.24) is 9.88 Å². The number of pyridine rings is 1. The van der Waals surface area contributed by atoms with Crippen molar-refractivity contribution in [2.45, 2.75) is 19.9 Å². The number of nitrogens with zero attached hydrogens (tertiary/aromatic N) is 2. The maximum atomic E-state index is 11.7. The molecule has 1 aromatic rings. The van der Waals surface area contributed by atoms with E-state index in [2.05, 4.69) is 4.98 Å². The SMILES string of the molecule is Cc1cnccc1CN1CC(CO)CC1=O. The molecule has 1 saturated heterocycles. The molecule has 1 N–H and O–H groups in total. The molecule has 86 valence electrons. The lowest BCUT2D eigenvalue weighted by Crippen LogP contribution is -2.25. The number of aromatic nitrogens is 1. The van der Waals surface area contributed by atoms with Gasteiger partial charge in [0.25, 0.3) is 0 Å². The second-order valence-electron chi connectivity index (χ2n) is 4.33. The Morgan fingerprint density at radius 2 is 2.44 bits per heavy atom. The van der Waals surface area contributed by atoms with E-state index in [0.29, 0.717) is 19.5 Å². The minimum absolute atomic E-state index is 0.0948. The van der Waals surface area contributed by atoms with Crippen molar-refractivity contribution < 1.29 is 9.90 Å². The van der Waals surface area contributed by atoms with E-state index < -0.39 is 0 Å². The van der Waals surface area contributed by atoms with Crippen LogP contribution in [0.3, 0.4) is 0 Å². The van der Waals surface area contributed by atoms with Crippen molar-refractivity contribution in [2.75, 3.05) is 13.2 Å². The zero-order valence-corrected chi connectivity index (χ0v) is 9.39. The van der Waals surface area contributed by atoms with E-state index in [1.165, 1.54) is 0 Å². The summed E-state index contributed by atoms with van der Waals surface area (Å²) in [4.78, 5) is 17.5. The van der Waals surface area contributed by atoms with Crippen LogP contribution in [0.2, 0.25) is 0 Å². The number of hydrogen-bond donors (Lipinski definition) is 1. The van der Waals surface area contributed by atoms with Gasteiger partial charge in [0.2, 0.25) is 5.91 Å². The highest BCUT2D eigenvalue weighted by molar-refractivity contribution is 5.78. The first kappa shape index (κ1) is 11.1. The van der Waals surface area contributed by atoms with Crippen molar-refractivity contribution in [2.24, 2.45) is 5.92 Å². The van der Waals surface area contributed by atoms with Gasteiger partial charge >= 0.3 is 0 Å². The standard InChI is InChI=1S/C12H16N2O2/c1-9-5-13-3-2-11(9)7-14-6-10(8-15)4-12(14)16/h2-3,5,10,15H,4,6-8H2,1H3. The summed E-state index contributed by atoms with van der Waals surface area (Å²) in [6.07, 6.45) is 4.02. The van der Waals surface area contributed by atoms with Crippen LogP contribution >= 0.6 is 0 Å². The molecule has 2 heterocycles. The van der Waals surface area contributed by atoms with E-state index in [4.69, 9.17) is 5.11 Å². The third-order valence-corrected chi connectivity index (χ3v) is 3.05. The van der Waals surface area contributed by atoms with E-state index in [9.17, 15) is 4.79 Å². The first-order valence-corrected chi connectivity index (χ1v) is 5.49. The van der Waals surface area contributed by atoms with Gasteiger partial charge in [-0.2, -0.15) is 0 Å². The first-order chi connectivity index (χ1) is 7.70. The number of aliphatic hydroxyl groups is 1. The van der Waals surface area contributed by atoms with Gasteiger partial charge in [0, 0.05) is 44.4 Å². The summed E-state index contributed by atoms with van der Waals surface area (Å²) >= 11 is 0. The van der Waals surface area contributed by atoms with Gasteiger partial charge in [0.15, 0.2) is 0 Å². The Hall–Kier alpha value is -1.42. The second-order valence-corrected chi connectivity index (χ2v) is 4.33. The molecule has 1 aromatic heterocycles. The number of aliphatic hydroxyl groups excluding tert-OH is 1. The van der Waals surface area contributed by atoms with E-state index in [1.54, 1.807) is 12.4 Å². The van der Waals surface area contributed by atoms with Crippen molar-refractivity contribution in [3.63, 3.8) is 0 Å². The van der Waals surface area contributed by atoms with Crippen molar-refractivity contribution in [3.8, 4) is 0 Å². The lowest BCUT2D eigenvalue weighted by Gasteiger charge is -2.17. The van der Waals surface area contributed by atoms with Crippen LogP contribution in [0, 0.1) is 12.8 Å². The second kappa shape index (κ2) is 4.61. The Morgan fingerprint density at radius 3 is 3.06 bits per heavy atom. The van der Waals surface area contributed by atoms with Gasteiger partial charge in [-0.1, -0.05) is 0 Å². The molecule has 1 atom stereocenters. The molecule has 0 aliphatic carbocycles. The summed E-state index contributed by atoms with van der Waals surface area (Å²) in [6.45, 7) is 3.38. The molecule has 1 aliphatic rings. The highest BCUT2D eigenvalue weighted by Crippen LogP contribution is 2.20. The minimum Gasteiger partial charge on any atom is -0.396 e. The predicted octanol–water partition coefficient (Wildman–Crippen LogP) is 0.731. The van der Waals surface area contributed by atoms with Crippen molar-refractivity contribution in [3.05, 3.63) is 29.6 Å². The van der Waals surface area contributed by atoms with E-state index in [-0.39, 0.29) is 18.4 Å². The fourth-order valence-electron chi connectivity index (χ4n) is 2.01. The third kappa shape index (κ3) is 2.22. The molecule has 4 nitrogen and oxygen atoms in total. The highest BCUT2D eigenvalue weighted by atomic mass is 16.3. The summed E-state index contributed by atoms with van der Waals surface area (Å²) in [6, 6.07) is 1.94. The Kier molecular flexibility index (Phi) is 3.19. The van der Waals surface area contributed by atoms with Crippen LogP contribution in [0.1, 0.15) is 17.5 Å². The molecule has 0 radical (unpaired) electrons. The lowest BCUT2D eigenvalue weighted by molar-refractivity contribution is -0.128. The van der Waals surface area contributed by atoms with Gasteiger partial charge in [0.1, 0.15) is 0 Å². The molecular weight excluding hydrogens is 204 g/mol. The molecule has 2 rings (SSSR count). The fourth-order valence-corrected chi connectivity index (χ4v) is 2.01. The van der Waals surface area contributed by atoms with Gasteiger partial charge in [-0.25, -0.2) is 0 Å². The molecule has 1 fully saturated rings. The zero-order valence-electron chi connectivity index (χ0n) is 9.39. The van der Waals surface area contributed by atoms with E-state index in [1.807, 2.05) is 17.9 Å². The number of carbonyl (C=O) groups excluding carboxylic acids is 1. The van der Waals surface area contributed by atoms with Crippen LogP contribution in [0.4, 0.5) is 0 Å². The maximum Gasteiger partial charge on any atom is 0.223 e. The van der Waals surface area contributed by atoms with Crippen LogP contribution in [-0.2, 0) is 11.3 Å². The molecule has 0 aromatic carbocycles. The molecule has 0 spiro atoms. The number of rotatable bonds is 3. The van der Waals surface area contributed by atoms with Gasteiger partial charge in [-0.05, 0) is 24.1 Å². The average Bonchev–Trinajstić information content (AvgIpc) is 2.63. The Bertz CT molecular complexity index is 392. The lowest BCUT2D eigenvalue weighted by atomic mass is 10.1. The van der Waals surface area contributed by atoms with Crippen LogP contribution in [-0.4, -0.2) is 34.0 Å². The molecule has 0 saturated carbocycles. The normalized spacial score (nSPS) is 20.5. The Balaban J connectivity index is 2.06. The van der Waals surface area contributed by atoms with Crippen LogP contribution in [0.5, 0.6) is 0 Å². The quantitative estimate of drug-likeness (QED) is 0.817. The van der Waals surface area contributed by atoms with Gasteiger partial charge < -0.3 is 10.0 Å². The number of carbonyl (C=O) groups is 1. The molecular formula is C12H16N2O2. The predicted molar refractivity (Wildman–Crippen MR) is 59.6 cm³/mol. The maximum absolute atomic E-state index is 11.7. The number of aryl methyl sites for hydroxylation is 1. The highest BCUT2D eigenvalue weighted by Gasteiger charge is 2.28. The smallest absolute Gasteiger partial charge is 0.223 e. The number of amides is 1. The first-order valence-electron chi connectivity index (χ1n) is 5.49. The summed E-state index contributed by atoms with van der Waals surface area (Å²) < 4.78 is 0. The van der Waals surface area contributed by atoms with Crippen LogP contribution < -0.4 is 0 Å². The number of likely N-dealkylation sites (tertiary alicyclic amines) is 1. The zero-order chi connectivity index (χ0) is 11.5. The monoisotopic (exact) mass is 220 g/mol. The molecule has 0 bridgehead atoms. The van der Waals surface area contributed by atoms with Gasteiger partial charge in [-0.15, -0.1) is 0 Å². The molecule has 1 unspecified atom stereocenters. The Morgan fingerprint density at radius 1 is 1.62 bits per heavy atom. The van der Waals surface area contributed by atoms with Crippen LogP contribution in [0.25, 0.3) is 0 Å².